The van der Waals surface area contributed by atoms with Crippen LogP contribution in [0.2, 0.25) is 0 Å². The number of carbonyl (C=O) groups excluding carboxylic acids is 2. The first-order valence-electron chi connectivity index (χ1n) is 5.76. The maximum Gasteiger partial charge on any atom is 0.313 e. The molecule has 0 spiro atoms. The molecule has 0 fully saturated rings. The molecule has 0 aliphatic carbocycles. The summed E-state index contributed by atoms with van der Waals surface area (Å²) in [5.41, 5.74) is 0. The molecule has 2 rings (SSSR count). The number of ketones is 1. The van der Waals surface area contributed by atoms with Crippen LogP contribution in [-0.4, -0.2) is 31.8 Å². The second-order valence-corrected chi connectivity index (χ2v) is 3.99. The Hall–Kier alpha value is -2.24. The Morgan fingerprint density at radius 2 is 2.05 bits per heavy atom. The molecule has 1 aliphatic heterocycles. The van der Waals surface area contributed by atoms with Crippen LogP contribution in [0.25, 0.3) is 0 Å². The number of esters is 1. The van der Waals surface area contributed by atoms with E-state index in [1.807, 2.05) is 0 Å². The van der Waals surface area contributed by atoms with E-state index >= 15 is 0 Å². The molecule has 0 radical (unpaired) electrons. The van der Waals surface area contributed by atoms with Gasteiger partial charge < -0.3 is 18.9 Å². The van der Waals surface area contributed by atoms with E-state index in [4.69, 9.17) is 14.2 Å². The van der Waals surface area contributed by atoms with E-state index in [1.54, 1.807) is 25.1 Å². The minimum Gasteiger partial charge on any atom is -0.483 e. The summed E-state index contributed by atoms with van der Waals surface area (Å²) < 4.78 is 20.3. The quantitative estimate of drug-likeness (QED) is 0.591. The zero-order valence-electron chi connectivity index (χ0n) is 10.7. The summed E-state index contributed by atoms with van der Waals surface area (Å²) >= 11 is 0. The average molecular weight is 266 g/mol. The summed E-state index contributed by atoms with van der Waals surface area (Å²) in [5, 5.41) is 0. The highest BCUT2D eigenvalue weighted by atomic mass is 16.7. The monoisotopic (exact) mass is 266 g/mol. The zero-order valence-corrected chi connectivity index (χ0v) is 10.7. The van der Waals surface area contributed by atoms with E-state index in [1.165, 1.54) is 7.11 Å². The van der Waals surface area contributed by atoms with Crippen molar-refractivity contribution in [1.82, 2.24) is 0 Å². The van der Waals surface area contributed by atoms with E-state index in [-0.39, 0.29) is 19.0 Å². The van der Waals surface area contributed by atoms with Crippen LogP contribution in [0.1, 0.15) is 13.3 Å². The molecule has 0 amide bonds. The first kappa shape index (κ1) is 13.2. The lowest BCUT2D eigenvalue weighted by Crippen LogP contribution is -2.26. The zero-order chi connectivity index (χ0) is 13.8. The van der Waals surface area contributed by atoms with Gasteiger partial charge in [-0.25, -0.2) is 0 Å². The topological polar surface area (TPSA) is 71.1 Å². The summed E-state index contributed by atoms with van der Waals surface area (Å²) in [7, 11) is 1.24. The molecule has 1 aromatic carbocycles. The molecule has 19 heavy (non-hydrogen) atoms. The number of benzene rings is 1. The lowest BCUT2D eigenvalue weighted by Gasteiger charge is -2.13. The van der Waals surface area contributed by atoms with Crippen molar-refractivity contribution < 1.29 is 28.5 Å². The van der Waals surface area contributed by atoms with Crippen LogP contribution in [0.4, 0.5) is 0 Å². The number of ether oxygens (including phenoxy) is 4. The van der Waals surface area contributed by atoms with E-state index in [0.29, 0.717) is 17.2 Å². The summed E-state index contributed by atoms with van der Waals surface area (Å²) in [6, 6.07) is 5.02. The van der Waals surface area contributed by atoms with Gasteiger partial charge in [0.1, 0.15) is 12.2 Å². The molecule has 1 aromatic rings. The van der Waals surface area contributed by atoms with Crippen LogP contribution in [0.5, 0.6) is 17.2 Å². The minimum absolute atomic E-state index is 0.176. The summed E-state index contributed by atoms with van der Waals surface area (Å²) in [5.74, 6) is 0.775. The fourth-order valence-electron chi connectivity index (χ4n) is 1.58. The molecule has 6 heteroatoms. The third-order valence-corrected chi connectivity index (χ3v) is 2.66. The van der Waals surface area contributed by atoms with E-state index < -0.39 is 12.1 Å². The van der Waals surface area contributed by atoms with Crippen molar-refractivity contribution in [2.45, 2.75) is 19.4 Å². The molecule has 1 atom stereocenters. The van der Waals surface area contributed by atoms with Crippen molar-refractivity contribution in [2.75, 3.05) is 13.9 Å². The molecule has 0 unspecified atom stereocenters. The fraction of sp³-hybridized carbons (Fsp3) is 0.385. The van der Waals surface area contributed by atoms with E-state index in [2.05, 4.69) is 4.74 Å². The van der Waals surface area contributed by atoms with Gasteiger partial charge in [-0.3, -0.25) is 9.59 Å². The van der Waals surface area contributed by atoms with Crippen LogP contribution in [-0.2, 0) is 14.3 Å². The molecule has 0 saturated heterocycles. The smallest absolute Gasteiger partial charge is 0.313 e. The highest BCUT2D eigenvalue weighted by molar-refractivity contribution is 5.97. The third-order valence-electron chi connectivity index (χ3n) is 2.66. The van der Waals surface area contributed by atoms with Gasteiger partial charge in [0.15, 0.2) is 23.4 Å². The van der Waals surface area contributed by atoms with Gasteiger partial charge >= 0.3 is 5.97 Å². The molecular formula is C13H14O6. The Kier molecular flexibility index (Phi) is 3.89. The second kappa shape index (κ2) is 5.60. The number of hydrogen-bond acceptors (Lipinski definition) is 6. The van der Waals surface area contributed by atoms with E-state index in [0.717, 1.165) is 0 Å². The molecule has 0 aromatic heterocycles. The Labute approximate surface area is 110 Å². The van der Waals surface area contributed by atoms with Gasteiger partial charge in [0.2, 0.25) is 6.79 Å². The first-order valence-corrected chi connectivity index (χ1v) is 5.76. The minimum atomic E-state index is -0.737. The second-order valence-electron chi connectivity index (χ2n) is 3.99. The number of carbonyl (C=O) groups is 2. The van der Waals surface area contributed by atoms with Crippen LogP contribution in [0.15, 0.2) is 18.2 Å². The molecule has 102 valence electrons. The maximum atomic E-state index is 11.7. The van der Waals surface area contributed by atoms with Crippen molar-refractivity contribution in [3.8, 4) is 17.2 Å². The summed E-state index contributed by atoms with van der Waals surface area (Å²) in [4.78, 5) is 22.7. The largest absolute Gasteiger partial charge is 0.483 e. The van der Waals surface area contributed by atoms with Gasteiger partial charge in [0.25, 0.3) is 0 Å². The standard InChI is InChI=1S/C13H14O6/c1-8(10(14)6-13(15)16-2)19-9-3-4-11-12(5-9)18-7-17-11/h3-5,8H,6-7H2,1-2H3/t8-/m1/s1. The number of Topliss-reactive ketones (excluding diaryl/α,β-unsaturated/α-hetero) is 1. The molecule has 1 aliphatic rings. The van der Waals surface area contributed by atoms with Crippen molar-refractivity contribution >= 4 is 11.8 Å². The van der Waals surface area contributed by atoms with Gasteiger partial charge in [-0.05, 0) is 19.1 Å². The molecular weight excluding hydrogens is 252 g/mol. The number of rotatable bonds is 5. The summed E-state index contributed by atoms with van der Waals surface area (Å²) in [6.45, 7) is 1.76. The highest BCUT2D eigenvalue weighted by Crippen LogP contribution is 2.35. The van der Waals surface area contributed by atoms with Gasteiger partial charge in [0, 0.05) is 6.07 Å². The van der Waals surface area contributed by atoms with Crippen molar-refractivity contribution in [2.24, 2.45) is 0 Å². The fourth-order valence-corrected chi connectivity index (χ4v) is 1.58. The number of methoxy groups -OCH3 is 1. The van der Waals surface area contributed by atoms with Crippen LogP contribution < -0.4 is 14.2 Å². The Bertz CT molecular complexity index is 496. The number of hydrogen-bond donors (Lipinski definition) is 0. The van der Waals surface area contributed by atoms with Gasteiger partial charge in [-0.1, -0.05) is 0 Å². The Balaban J connectivity index is 1.97. The highest BCUT2D eigenvalue weighted by Gasteiger charge is 2.20. The van der Waals surface area contributed by atoms with Gasteiger partial charge in [0.05, 0.1) is 7.11 Å². The third kappa shape index (κ3) is 3.15. The molecule has 6 nitrogen and oxygen atoms in total. The molecule has 0 bridgehead atoms. The molecule has 0 N–H and O–H groups in total. The maximum absolute atomic E-state index is 11.7. The van der Waals surface area contributed by atoms with Crippen LogP contribution in [0.3, 0.4) is 0 Å². The SMILES string of the molecule is COC(=O)CC(=O)[C@@H](C)Oc1ccc2c(c1)OCO2. The Morgan fingerprint density at radius 1 is 1.32 bits per heavy atom. The van der Waals surface area contributed by atoms with Gasteiger partial charge in [-0.2, -0.15) is 0 Å². The Morgan fingerprint density at radius 3 is 2.79 bits per heavy atom. The first-order chi connectivity index (χ1) is 9.10. The molecule has 0 saturated carbocycles. The van der Waals surface area contributed by atoms with E-state index in [9.17, 15) is 9.59 Å². The van der Waals surface area contributed by atoms with Crippen molar-refractivity contribution in [1.29, 1.82) is 0 Å². The van der Waals surface area contributed by atoms with Crippen molar-refractivity contribution in [3.05, 3.63) is 18.2 Å². The molecule has 1 heterocycles. The number of fused-ring (bicyclic) bond motifs is 1. The normalized spacial score (nSPS) is 13.8. The van der Waals surface area contributed by atoms with Crippen LogP contribution >= 0.6 is 0 Å². The predicted octanol–water partition coefficient (Wildman–Crippen LogP) is 1.31. The van der Waals surface area contributed by atoms with Crippen LogP contribution in [0, 0.1) is 0 Å². The van der Waals surface area contributed by atoms with Gasteiger partial charge in [-0.15, -0.1) is 0 Å². The average Bonchev–Trinajstić information content (AvgIpc) is 2.85. The lowest BCUT2D eigenvalue weighted by atomic mass is 10.2. The lowest BCUT2D eigenvalue weighted by molar-refractivity contribution is -0.144. The predicted molar refractivity (Wildman–Crippen MR) is 64.3 cm³/mol. The summed E-state index contributed by atoms with van der Waals surface area (Å²) in [6.07, 6.45) is -1.04. The van der Waals surface area contributed by atoms with Crippen molar-refractivity contribution in [3.63, 3.8) is 0 Å².